The van der Waals surface area contributed by atoms with Crippen LogP contribution in [0.15, 0.2) is 21.7 Å². The van der Waals surface area contributed by atoms with Crippen molar-refractivity contribution in [2.75, 3.05) is 26.0 Å². The van der Waals surface area contributed by atoms with Crippen molar-refractivity contribution in [3.8, 4) is 0 Å². The number of halogens is 1. The van der Waals surface area contributed by atoms with E-state index in [1.165, 1.54) is 26.2 Å². The van der Waals surface area contributed by atoms with Crippen molar-refractivity contribution < 1.29 is 17.8 Å². The summed E-state index contributed by atoms with van der Waals surface area (Å²) in [7, 11) is -0.852. The van der Waals surface area contributed by atoms with Crippen molar-refractivity contribution in [3.05, 3.63) is 12.1 Å². The second kappa shape index (κ2) is 5.35. The van der Waals surface area contributed by atoms with Crippen molar-refractivity contribution in [2.45, 2.75) is 4.90 Å². The SMILES string of the molecule is CN(C)S(=O)(=O)c1ccc(NCC(=O)Cl)c2nonc12. The zero-order valence-electron chi connectivity index (χ0n) is 10.6. The Morgan fingerprint density at radius 3 is 2.60 bits per heavy atom. The number of carbonyl (C=O) groups excluding carboxylic acids is 1. The number of anilines is 1. The molecule has 0 bridgehead atoms. The van der Waals surface area contributed by atoms with E-state index in [-0.39, 0.29) is 22.5 Å². The number of hydrogen-bond acceptors (Lipinski definition) is 7. The lowest BCUT2D eigenvalue weighted by atomic mass is 10.2. The Bertz CT molecular complexity index is 756. The highest BCUT2D eigenvalue weighted by molar-refractivity contribution is 7.89. The number of fused-ring (bicyclic) bond motifs is 1. The van der Waals surface area contributed by atoms with Gasteiger partial charge in [-0.25, -0.2) is 17.4 Å². The average Bonchev–Trinajstić information content (AvgIpc) is 2.84. The van der Waals surface area contributed by atoms with Crippen LogP contribution in [0.1, 0.15) is 0 Å². The third-order valence-electron chi connectivity index (χ3n) is 2.55. The molecular weight excluding hydrogens is 308 g/mol. The first-order valence-corrected chi connectivity index (χ1v) is 7.26. The van der Waals surface area contributed by atoms with E-state index in [9.17, 15) is 13.2 Å². The second-order valence-corrected chi connectivity index (χ2v) is 6.61. The summed E-state index contributed by atoms with van der Waals surface area (Å²) in [5.41, 5.74) is 0.713. The van der Waals surface area contributed by atoms with Gasteiger partial charge in [-0.1, -0.05) is 0 Å². The van der Waals surface area contributed by atoms with Crippen LogP contribution in [0.5, 0.6) is 0 Å². The second-order valence-electron chi connectivity index (χ2n) is 4.07. The maximum Gasteiger partial charge on any atom is 0.244 e. The molecule has 0 fully saturated rings. The lowest BCUT2D eigenvalue weighted by Crippen LogP contribution is -2.22. The van der Waals surface area contributed by atoms with Gasteiger partial charge in [-0.05, 0) is 34.0 Å². The van der Waals surface area contributed by atoms with Gasteiger partial charge in [0.05, 0.1) is 12.2 Å². The molecular formula is C10H11ClN4O4S. The number of hydrogen-bond donors (Lipinski definition) is 1. The minimum absolute atomic E-state index is 0.0264. The number of nitrogens with one attached hydrogen (secondary N) is 1. The molecule has 0 atom stereocenters. The zero-order chi connectivity index (χ0) is 14.9. The topological polar surface area (TPSA) is 105 Å². The van der Waals surface area contributed by atoms with Gasteiger partial charge in [0.2, 0.25) is 15.3 Å². The largest absolute Gasteiger partial charge is 0.375 e. The van der Waals surface area contributed by atoms with Gasteiger partial charge in [0.15, 0.2) is 11.0 Å². The molecule has 2 aromatic rings. The van der Waals surface area contributed by atoms with Gasteiger partial charge in [-0.15, -0.1) is 0 Å². The normalized spacial score (nSPS) is 12.0. The Hall–Kier alpha value is -1.71. The molecule has 1 aromatic carbocycles. The quantitative estimate of drug-likeness (QED) is 0.807. The van der Waals surface area contributed by atoms with Crippen LogP contribution in [-0.2, 0) is 14.8 Å². The molecule has 0 radical (unpaired) electrons. The van der Waals surface area contributed by atoms with E-state index in [0.717, 1.165) is 4.31 Å². The van der Waals surface area contributed by atoms with E-state index in [2.05, 4.69) is 20.3 Å². The number of rotatable bonds is 5. The van der Waals surface area contributed by atoms with Crippen molar-refractivity contribution in [1.29, 1.82) is 0 Å². The first-order chi connectivity index (χ1) is 9.34. The predicted octanol–water partition coefficient (Wildman–Crippen LogP) is 0.650. The van der Waals surface area contributed by atoms with Crippen molar-refractivity contribution in [3.63, 3.8) is 0 Å². The Balaban J connectivity index is 2.55. The predicted molar refractivity (Wildman–Crippen MR) is 72.0 cm³/mol. The van der Waals surface area contributed by atoms with Crippen LogP contribution < -0.4 is 5.32 Å². The smallest absolute Gasteiger partial charge is 0.244 e. The molecule has 1 N–H and O–H groups in total. The van der Waals surface area contributed by atoms with E-state index in [1.807, 2.05) is 0 Å². The Morgan fingerprint density at radius 2 is 2.00 bits per heavy atom. The summed E-state index contributed by atoms with van der Waals surface area (Å²) in [6, 6.07) is 2.84. The molecule has 0 aliphatic carbocycles. The van der Waals surface area contributed by atoms with Crippen molar-refractivity contribution in [1.82, 2.24) is 14.6 Å². The molecule has 108 valence electrons. The zero-order valence-corrected chi connectivity index (χ0v) is 12.2. The summed E-state index contributed by atoms with van der Waals surface area (Å²) < 4.78 is 29.9. The molecule has 0 amide bonds. The molecule has 8 nitrogen and oxygen atoms in total. The van der Waals surface area contributed by atoms with E-state index in [4.69, 9.17) is 11.6 Å². The third kappa shape index (κ3) is 2.60. The highest BCUT2D eigenvalue weighted by Crippen LogP contribution is 2.27. The van der Waals surface area contributed by atoms with Crippen LogP contribution in [0.4, 0.5) is 5.69 Å². The van der Waals surface area contributed by atoms with Crippen LogP contribution >= 0.6 is 11.6 Å². The molecule has 1 aromatic heterocycles. The minimum atomic E-state index is -3.67. The number of aromatic nitrogens is 2. The fraction of sp³-hybridized carbons (Fsp3) is 0.300. The Morgan fingerprint density at radius 1 is 1.35 bits per heavy atom. The van der Waals surface area contributed by atoms with Gasteiger partial charge in [-0.3, -0.25) is 4.79 Å². The van der Waals surface area contributed by atoms with E-state index < -0.39 is 15.3 Å². The van der Waals surface area contributed by atoms with Gasteiger partial charge in [-0.2, -0.15) is 0 Å². The summed E-state index contributed by atoms with van der Waals surface area (Å²) >= 11 is 5.23. The monoisotopic (exact) mass is 318 g/mol. The first-order valence-electron chi connectivity index (χ1n) is 5.44. The standard InChI is InChI=1S/C10H11ClN4O4S/c1-15(2)20(17,18)7-4-3-6(12-5-8(11)16)9-10(7)14-19-13-9/h3-4,12H,5H2,1-2H3. The van der Waals surface area contributed by atoms with E-state index >= 15 is 0 Å². The first kappa shape index (κ1) is 14.7. The number of sulfonamides is 1. The molecule has 0 saturated carbocycles. The maximum absolute atomic E-state index is 12.1. The van der Waals surface area contributed by atoms with Gasteiger partial charge in [0.25, 0.3) is 0 Å². The van der Waals surface area contributed by atoms with Crippen LogP contribution in [0, 0.1) is 0 Å². The van der Waals surface area contributed by atoms with Crippen LogP contribution in [0.3, 0.4) is 0 Å². The molecule has 0 saturated heterocycles. The van der Waals surface area contributed by atoms with Gasteiger partial charge in [0.1, 0.15) is 4.90 Å². The number of benzene rings is 1. The van der Waals surface area contributed by atoms with Gasteiger partial charge < -0.3 is 5.32 Å². The van der Waals surface area contributed by atoms with Crippen LogP contribution in [0.25, 0.3) is 11.0 Å². The molecule has 0 spiro atoms. The molecule has 20 heavy (non-hydrogen) atoms. The summed E-state index contributed by atoms with van der Waals surface area (Å²) in [4.78, 5) is 10.7. The highest BCUT2D eigenvalue weighted by atomic mass is 35.5. The minimum Gasteiger partial charge on any atom is -0.375 e. The lowest BCUT2D eigenvalue weighted by Gasteiger charge is -2.12. The summed E-state index contributed by atoms with van der Waals surface area (Å²) in [6.45, 7) is -0.122. The average molecular weight is 319 g/mol. The Kier molecular flexibility index (Phi) is 3.93. The van der Waals surface area contributed by atoms with Crippen LogP contribution in [0.2, 0.25) is 0 Å². The maximum atomic E-state index is 12.1. The molecule has 2 rings (SSSR count). The van der Waals surface area contributed by atoms with E-state index in [1.54, 1.807) is 0 Å². The lowest BCUT2D eigenvalue weighted by molar-refractivity contribution is -0.110. The molecule has 0 aliphatic heterocycles. The number of nitrogens with zero attached hydrogens (tertiary/aromatic N) is 3. The summed E-state index contributed by atoms with van der Waals surface area (Å²) in [5.74, 6) is 0. The van der Waals surface area contributed by atoms with Crippen LogP contribution in [-0.4, -0.2) is 48.9 Å². The fourth-order valence-electron chi connectivity index (χ4n) is 1.56. The van der Waals surface area contributed by atoms with Crippen molar-refractivity contribution >= 4 is 43.6 Å². The van der Waals surface area contributed by atoms with E-state index in [0.29, 0.717) is 5.69 Å². The van der Waals surface area contributed by atoms with Gasteiger partial charge >= 0.3 is 0 Å². The summed E-state index contributed by atoms with van der Waals surface area (Å²) in [6.07, 6.45) is 0. The number of carbonyl (C=O) groups is 1. The highest BCUT2D eigenvalue weighted by Gasteiger charge is 2.24. The van der Waals surface area contributed by atoms with Crippen molar-refractivity contribution in [2.24, 2.45) is 0 Å². The third-order valence-corrected chi connectivity index (χ3v) is 4.54. The molecule has 10 heteroatoms. The Labute approximate surface area is 119 Å². The molecule has 0 aliphatic rings. The fourth-order valence-corrected chi connectivity index (χ4v) is 2.63. The summed E-state index contributed by atoms with van der Waals surface area (Å²) in [5, 5.41) is 9.39. The van der Waals surface area contributed by atoms with Gasteiger partial charge in [0, 0.05) is 14.1 Å². The molecule has 0 unspecified atom stereocenters. The molecule has 1 heterocycles.